The first-order chi connectivity index (χ1) is 13.1. The van der Waals surface area contributed by atoms with E-state index in [2.05, 4.69) is 13.2 Å². The molecule has 0 aliphatic rings. The van der Waals surface area contributed by atoms with E-state index in [0.29, 0.717) is 0 Å². The third kappa shape index (κ3) is 4.76. The minimum Gasteiger partial charge on any atom is -0.507 e. The SMILES string of the molecule is C=C(C)COc1cc(O)c(C(=O)c2c(O)cc(OCC(=C)C)cc2O)c(O)c1. The summed E-state index contributed by atoms with van der Waals surface area (Å²) in [5, 5.41) is 40.7. The van der Waals surface area contributed by atoms with E-state index in [1.807, 2.05) is 0 Å². The number of ketones is 1. The molecule has 0 heterocycles. The molecule has 0 spiro atoms. The van der Waals surface area contributed by atoms with Crippen molar-refractivity contribution >= 4 is 5.78 Å². The van der Waals surface area contributed by atoms with Gasteiger partial charge >= 0.3 is 0 Å². The summed E-state index contributed by atoms with van der Waals surface area (Å²) in [4.78, 5) is 12.7. The molecular weight excluding hydrogens is 364 g/mol. The Hall–Kier alpha value is -3.61. The van der Waals surface area contributed by atoms with Gasteiger partial charge in [-0.1, -0.05) is 13.2 Å². The highest BCUT2D eigenvalue weighted by Crippen LogP contribution is 2.40. The molecule has 0 saturated heterocycles. The molecule has 28 heavy (non-hydrogen) atoms. The molecule has 0 amide bonds. The molecule has 0 unspecified atom stereocenters. The van der Waals surface area contributed by atoms with Crippen LogP contribution in [0.5, 0.6) is 34.5 Å². The normalized spacial score (nSPS) is 10.4. The van der Waals surface area contributed by atoms with Gasteiger partial charge in [-0.2, -0.15) is 0 Å². The number of aromatic hydroxyl groups is 4. The minimum absolute atomic E-state index is 0.131. The zero-order valence-electron chi connectivity index (χ0n) is 15.7. The first-order valence-corrected chi connectivity index (χ1v) is 8.31. The van der Waals surface area contributed by atoms with Crippen LogP contribution in [0.3, 0.4) is 0 Å². The summed E-state index contributed by atoms with van der Waals surface area (Å²) >= 11 is 0. The number of carbonyl (C=O) groups excluding carboxylic acids is 1. The molecule has 0 aliphatic carbocycles. The van der Waals surface area contributed by atoms with E-state index >= 15 is 0 Å². The lowest BCUT2D eigenvalue weighted by atomic mass is 9.99. The van der Waals surface area contributed by atoms with Gasteiger partial charge in [-0.25, -0.2) is 0 Å². The van der Waals surface area contributed by atoms with Crippen molar-refractivity contribution in [1.82, 2.24) is 0 Å². The predicted octanol–water partition coefficient (Wildman–Crippen LogP) is 3.65. The molecule has 0 atom stereocenters. The molecule has 0 bridgehead atoms. The Bertz CT molecular complexity index is 822. The van der Waals surface area contributed by atoms with E-state index in [-0.39, 0.29) is 24.7 Å². The monoisotopic (exact) mass is 386 g/mol. The van der Waals surface area contributed by atoms with E-state index in [4.69, 9.17) is 9.47 Å². The maximum atomic E-state index is 12.7. The van der Waals surface area contributed by atoms with Crippen LogP contribution in [-0.2, 0) is 0 Å². The standard InChI is InChI=1S/C21H22O7/c1-11(2)9-27-13-5-15(22)19(16(23)6-13)21(26)20-17(24)7-14(8-18(20)25)28-10-12(3)4/h5-8,22-25H,1,3,9-10H2,2,4H3. The number of hydrogen-bond acceptors (Lipinski definition) is 7. The minimum atomic E-state index is -0.970. The van der Waals surface area contributed by atoms with Crippen molar-refractivity contribution in [2.75, 3.05) is 13.2 Å². The maximum absolute atomic E-state index is 12.7. The number of hydrogen-bond donors (Lipinski definition) is 4. The van der Waals surface area contributed by atoms with Crippen LogP contribution < -0.4 is 9.47 Å². The first-order valence-electron chi connectivity index (χ1n) is 8.31. The lowest BCUT2D eigenvalue weighted by Gasteiger charge is -2.13. The Kier molecular flexibility index (Phi) is 6.20. The Morgan fingerprint density at radius 3 is 1.29 bits per heavy atom. The number of phenols is 4. The van der Waals surface area contributed by atoms with Crippen LogP contribution >= 0.6 is 0 Å². The summed E-state index contributed by atoms with van der Waals surface area (Å²) in [5.41, 5.74) is 0.485. The molecule has 2 aromatic rings. The average Bonchev–Trinajstić information content (AvgIpc) is 2.57. The van der Waals surface area contributed by atoms with Gasteiger partial charge in [0.2, 0.25) is 5.78 Å². The van der Waals surface area contributed by atoms with Crippen molar-refractivity contribution in [3.05, 3.63) is 59.7 Å². The number of phenolic OH excluding ortho intramolecular Hbond substituents is 4. The number of carbonyl (C=O) groups is 1. The Balaban J connectivity index is 2.38. The summed E-state index contributed by atoms with van der Waals surface area (Å²) in [6, 6.07) is 4.59. The fourth-order valence-corrected chi connectivity index (χ4v) is 2.34. The van der Waals surface area contributed by atoms with Crippen molar-refractivity contribution in [2.24, 2.45) is 0 Å². The lowest BCUT2D eigenvalue weighted by molar-refractivity contribution is 0.102. The zero-order valence-corrected chi connectivity index (χ0v) is 15.7. The summed E-state index contributed by atoms with van der Waals surface area (Å²) in [5.74, 6) is -2.97. The Morgan fingerprint density at radius 1 is 0.750 bits per heavy atom. The van der Waals surface area contributed by atoms with Crippen molar-refractivity contribution in [2.45, 2.75) is 13.8 Å². The van der Waals surface area contributed by atoms with Crippen molar-refractivity contribution in [1.29, 1.82) is 0 Å². The number of rotatable bonds is 8. The molecular formula is C21H22O7. The molecule has 0 aromatic heterocycles. The molecule has 0 aliphatic heterocycles. The van der Waals surface area contributed by atoms with E-state index in [0.717, 1.165) is 35.4 Å². The van der Waals surface area contributed by atoms with Crippen molar-refractivity contribution in [3.8, 4) is 34.5 Å². The van der Waals surface area contributed by atoms with Crippen LogP contribution in [0.15, 0.2) is 48.6 Å². The fourth-order valence-electron chi connectivity index (χ4n) is 2.34. The number of benzene rings is 2. The molecule has 0 radical (unpaired) electrons. The lowest BCUT2D eigenvalue weighted by Crippen LogP contribution is -2.05. The van der Waals surface area contributed by atoms with Gasteiger partial charge in [0.1, 0.15) is 58.8 Å². The third-order valence-electron chi connectivity index (χ3n) is 3.57. The smallest absolute Gasteiger partial charge is 0.207 e. The average molecular weight is 386 g/mol. The van der Waals surface area contributed by atoms with E-state index in [1.165, 1.54) is 0 Å². The second-order valence-electron chi connectivity index (χ2n) is 6.49. The molecule has 7 nitrogen and oxygen atoms in total. The fraction of sp³-hybridized carbons (Fsp3) is 0.190. The molecule has 2 aromatic carbocycles. The number of ether oxygens (including phenoxy) is 2. The summed E-state index contributed by atoms with van der Waals surface area (Å²) in [6.07, 6.45) is 0. The molecule has 0 saturated carbocycles. The molecule has 148 valence electrons. The molecule has 0 fully saturated rings. The third-order valence-corrected chi connectivity index (χ3v) is 3.57. The molecule has 4 N–H and O–H groups in total. The van der Waals surface area contributed by atoms with Gasteiger partial charge < -0.3 is 29.9 Å². The van der Waals surface area contributed by atoms with Crippen molar-refractivity contribution < 1.29 is 34.7 Å². The van der Waals surface area contributed by atoms with Gasteiger partial charge in [0.05, 0.1) is 0 Å². The van der Waals surface area contributed by atoms with Crippen LogP contribution in [0.4, 0.5) is 0 Å². The zero-order chi connectivity index (χ0) is 21.0. The highest BCUT2D eigenvalue weighted by atomic mass is 16.5. The maximum Gasteiger partial charge on any atom is 0.207 e. The van der Waals surface area contributed by atoms with Crippen LogP contribution in [0, 0.1) is 0 Å². The van der Waals surface area contributed by atoms with Crippen molar-refractivity contribution in [3.63, 3.8) is 0 Å². The van der Waals surface area contributed by atoms with Gasteiger partial charge in [-0.3, -0.25) is 4.79 Å². The van der Waals surface area contributed by atoms with Gasteiger partial charge in [0.25, 0.3) is 0 Å². The van der Waals surface area contributed by atoms with Gasteiger partial charge in [-0.05, 0) is 25.0 Å². The quantitative estimate of drug-likeness (QED) is 0.404. The highest BCUT2D eigenvalue weighted by molar-refractivity contribution is 6.15. The van der Waals surface area contributed by atoms with E-state index in [1.54, 1.807) is 13.8 Å². The van der Waals surface area contributed by atoms with Gasteiger partial charge in [0, 0.05) is 24.3 Å². The van der Waals surface area contributed by atoms with Crippen LogP contribution in [0.1, 0.15) is 29.8 Å². The molecule has 2 rings (SSSR count). The van der Waals surface area contributed by atoms with Crippen LogP contribution in [-0.4, -0.2) is 39.4 Å². The summed E-state index contributed by atoms with van der Waals surface area (Å²) in [7, 11) is 0. The predicted molar refractivity (Wildman–Crippen MR) is 104 cm³/mol. The first kappa shape index (κ1) is 20.7. The Morgan fingerprint density at radius 2 is 1.04 bits per heavy atom. The second kappa shape index (κ2) is 8.39. The largest absolute Gasteiger partial charge is 0.507 e. The second-order valence-corrected chi connectivity index (χ2v) is 6.49. The van der Waals surface area contributed by atoms with E-state index in [9.17, 15) is 25.2 Å². The highest BCUT2D eigenvalue weighted by Gasteiger charge is 2.26. The van der Waals surface area contributed by atoms with Crippen LogP contribution in [0.25, 0.3) is 0 Å². The Labute approximate surface area is 162 Å². The molecule has 7 heteroatoms. The topological polar surface area (TPSA) is 116 Å². The summed E-state index contributed by atoms with van der Waals surface area (Å²) in [6.45, 7) is 11.2. The van der Waals surface area contributed by atoms with E-state index < -0.39 is 39.9 Å². The van der Waals surface area contributed by atoms with Gasteiger partial charge in [0.15, 0.2) is 0 Å². The summed E-state index contributed by atoms with van der Waals surface area (Å²) < 4.78 is 10.7. The van der Waals surface area contributed by atoms with Crippen LogP contribution in [0.2, 0.25) is 0 Å². The van der Waals surface area contributed by atoms with Gasteiger partial charge in [-0.15, -0.1) is 0 Å².